The lowest BCUT2D eigenvalue weighted by molar-refractivity contribution is 0.0135. The Balaban J connectivity index is 0.000000249. The molecular weight excluding hydrogens is 396 g/mol. The van der Waals surface area contributed by atoms with Gasteiger partial charge in [-0.25, -0.2) is 0 Å². The molecule has 0 unspecified atom stereocenters. The molecule has 0 amide bonds. The minimum absolute atomic E-state index is 0.679. The second kappa shape index (κ2) is 13.3. The second-order valence-corrected chi connectivity index (χ2v) is 14.2. The Morgan fingerprint density at radius 1 is 0.273 bits per heavy atom. The van der Waals surface area contributed by atoms with Crippen LogP contribution in [0.5, 0.6) is 0 Å². The first-order valence-corrected chi connectivity index (χ1v) is 15.3. The summed E-state index contributed by atoms with van der Waals surface area (Å²) in [5.41, 5.74) is 2.10. The summed E-state index contributed by atoms with van der Waals surface area (Å²) in [6.07, 6.45) is 17.7. The first kappa shape index (κ1) is 31.0. The summed E-state index contributed by atoms with van der Waals surface area (Å²) in [6.45, 7) is 28.7. The largest absolute Gasteiger partial charge is 0.0622 e. The normalized spacial score (nSPS) is 23.5. The van der Waals surface area contributed by atoms with E-state index in [2.05, 4.69) is 83.1 Å². The van der Waals surface area contributed by atoms with Crippen LogP contribution in [-0.4, -0.2) is 0 Å². The van der Waals surface area contributed by atoms with Crippen LogP contribution in [-0.2, 0) is 0 Å². The molecule has 3 aliphatic rings. The van der Waals surface area contributed by atoms with Gasteiger partial charge in [-0.2, -0.15) is 0 Å². The van der Waals surface area contributed by atoms with Gasteiger partial charge in [-0.05, 0) is 90.3 Å². The number of rotatable bonds is 6. The fraction of sp³-hybridized carbons (Fsp3) is 1.00. The third kappa shape index (κ3) is 7.26. The molecule has 0 bridgehead atoms. The molecule has 0 aromatic heterocycles. The maximum absolute atomic E-state index is 2.41. The van der Waals surface area contributed by atoms with E-state index in [1.54, 1.807) is 0 Å². The maximum atomic E-state index is 2.41. The molecule has 0 spiro atoms. The Hall–Kier alpha value is 0. The average molecular weight is 463 g/mol. The van der Waals surface area contributed by atoms with Crippen LogP contribution in [0.2, 0.25) is 0 Å². The molecule has 33 heavy (non-hydrogen) atoms. The molecule has 198 valence electrons. The van der Waals surface area contributed by atoms with E-state index >= 15 is 0 Å². The molecule has 0 atom stereocenters. The number of hydrogen-bond donors (Lipinski definition) is 0. The highest BCUT2D eigenvalue weighted by atomic mass is 14.5. The van der Waals surface area contributed by atoms with Crippen LogP contribution in [0.25, 0.3) is 0 Å². The van der Waals surface area contributed by atoms with Crippen LogP contribution >= 0.6 is 0 Å². The molecule has 0 radical (unpaired) electrons. The Bertz CT molecular complexity index is 472. The van der Waals surface area contributed by atoms with Gasteiger partial charge in [0.15, 0.2) is 0 Å². The molecular formula is C33H66. The van der Waals surface area contributed by atoms with Crippen LogP contribution in [0.15, 0.2) is 0 Å². The Labute approximate surface area is 211 Å². The fourth-order valence-electron chi connectivity index (χ4n) is 8.29. The second-order valence-electron chi connectivity index (χ2n) is 14.2. The summed E-state index contributed by atoms with van der Waals surface area (Å²) in [5.74, 6) is 5.29. The van der Waals surface area contributed by atoms with Gasteiger partial charge < -0.3 is 0 Å². The van der Waals surface area contributed by atoms with E-state index < -0.39 is 0 Å². The van der Waals surface area contributed by atoms with Crippen LogP contribution in [0.4, 0.5) is 0 Å². The van der Waals surface area contributed by atoms with Gasteiger partial charge in [-0.15, -0.1) is 0 Å². The van der Waals surface area contributed by atoms with Crippen molar-refractivity contribution in [1.82, 2.24) is 0 Å². The molecule has 3 aliphatic carbocycles. The van der Waals surface area contributed by atoms with Gasteiger partial charge in [-0.3, -0.25) is 0 Å². The van der Waals surface area contributed by atoms with Crippen molar-refractivity contribution in [2.45, 2.75) is 160 Å². The molecule has 3 fully saturated rings. The van der Waals surface area contributed by atoms with E-state index in [4.69, 9.17) is 0 Å². The lowest BCUT2D eigenvalue weighted by Gasteiger charge is -2.49. The average Bonchev–Trinajstić information content (AvgIpc) is 3.19. The highest BCUT2D eigenvalue weighted by Gasteiger charge is 2.42. The third-order valence-electron chi connectivity index (χ3n) is 11.5. The summed E-state index contributed by atoms with van der Waals surface area (Å²) in [6, 6.07) is 0. The van der Waals surface area contributed by atoms with Crippen LogP contribution in [0, 0.1) is 51.8 Å². The van der Waals surface area contributed by atoms with Crippen LogP contribution in [0.3, 0.4) is 0 Å². The Morgan fingerprint density at radius 2 is 0.455 bits per heavy atom. The van der Waals surface area contributed by atoms with Crippen molar-refractivity contribution in [1.29, 1.82) is 0 Å². The summed E-state index contributed by atoms with van der Waals surface area (Å²) < 4.78 is 0. The molecule has 0 heteroatoms. The van der Waals surface area contributed by atoms with Crippen LogP contribution in [0.1, 0.15) is 160 Å². The highest BCUT2D eigenvalue weighted by Crippen LogP contribution is 2.52. The first-order chi connectivity index (χ1) is 15.3. The molecule has 0 N–H and O–H groups in total. The van der Waals surface area contributed by atoms with Gasteiger partial charge in [0.05, 0.1) is 0 Å². The van der Waals surface area contributed by atoms with E-state index in [1.165, 1.54) is 77.0 Å². The molecule has 3 rings (SSSR count). The van der Waals surface area contributed by atoms with E-state index in [0.717, 1.165) is 40.9 Å². The standard InChI is InChI=1S/C12H24.C11H22.C10H20/c1-10(2)12(11(3)4)8-6-5-7-9-12;1-9(2)11(10(3)4)7-5-6-8-11;1-8(2)10(9(3)4)6-5-7-10/h10-11H,5-9H2,1-4H3;9-10H,5-8H2,1-4H3;8-9H,5-7H2,1-4H3. The van der Waals surface area contributed by atoms with Gasteiger partial charge in [-0.1, -0.05) is 122 Å². The minimum atomic E-state index is 0.679. The predicted octanol–water partition coefficient (Wildman–Crippen LogP) is 11.6. The minimum Gasteiger partial charge on any atom is -0.0622 e. The van der Waals surface area contributed by atoms with Gasteiger partial charge >= 0.3 is 0 Å². The quantitative estimate of drug-likeness (QED) is 0.368. The summed E-state index contributed by atoms with van der Waals surface area (Å²) >= 11 is 0. The molecule has 0 saturated heterocycles. The molecule has 0 aliphatic heterocycles. The zero-order chi connectivity index (χ0) is 25.4. The molecule has 0 nitrogen and oxygen atoms in total. The summed E-state index contributed by atoms with van der Waals surface area (Å²) in [4.78, 5) is 0. The molecule has 3 saturated carbocycles. The smallest absolute Gasteiger partial charge is 0.0251 e. The number of hydrogen-bond acceptors (Lipinski definition) is 0. The monoisotopic (exact) mass is 463 g/mol. The fourth-order valence-corrected chi connectivity index (χ4v) is 8.29. The third-order valence-corrected chi connectivity index (χ3v) is 11.5. The zero-order valence-corrected chi connectivity index (χ0v) is 25.4. The first-order valence-electron chi connectivity index (χ1n) is 15.3. The maximum Gasteiger partial charge on any atom is -0.0251 e. The lowest BCUT2D eigenvalue weighted by Crippen LogP contribution is -2.39. The topological polar surface area (TPSA) is 0 Å². The summed E-state index contributed by atoms with van der Waals surface area (Å²) in [5, 5.41) is 0. The van der Waals surface area contributed by atoms with Crippen molar-refractivity contribution in [2.24, 2.45) is 51.8 Å². The Kier molecular flexibility index (Phi) is 12.6. The highest BCUT2D eigenvalue weighted by molar-refractivity contribution is 4.92. The van der Waals surface area contributed by atoms with Gasteiger partial charge in [0, 0.05) is 0 Å². The molecule has 0 heterocycles. The SMILES string of the molecule is CC(C)C1(C(C)C)CCC1.CC(C)C1(C(C)C)CCCC1.CC(C)C1(C(C)C)CCCCC1. The summed E-state index contributed by atoms with van der Waals surface area (Å²) in [7, 11) is 0. The van der Waals surface area contributed by atoms with Crippen molar-refractivity contribution in [3.63, 3.8) is 0 Å². The van der Waals surface area contributed by atoms with E-state index in [-0.39, 0.29) is 0 Å². The van der Waals surface area contributed by atoms with Crippen molar-refractivity contribution in [3.05, 3.63) is 0 Å². The van der Waals surface area contributed by atoms with Crippen molar-refractivity contribution >= 4 is 0 Å². The van der Waals surface area contributed by atoms with E-state index in [1.807, 2.05) is 0 Å². The van der Waals surface area contributed by atoms with Crippen LogP contribution < -0.4 is 0 Å². The Morgan fingerprint density at radius 3 is 0.576 bits per heavy atom. The lowest BCUT2D eigenvalue weighted by atomic mass is 9.56. The van der Waals surface area contributed by atoms with Gasteiger partial charge in [0.1, 0.15) is 0 Å². The van der Waals surface area contributed by atoms with Gasteiger partial charge in [0.25, 0.3) is 0 Å². The van der Waals surface area contributed by atoms with E-state index in [9.17, 15) is 0 Å². The van der Waals surface area contributed by atoms with Gasteiger partial charge in [0.2, 0.25) is 0 Å². The van der Waals surface area contributed by atoms with Crippen molar-refractivity contribution < 1.29 is 0 Å². The molecule has 0 aromatic carbocycles. The van der Waals surface area contributed by atoms with E-state index in [0.29, 0.717) is 10.8 Å². The molecule has 0 aromatic rings. The zero-order valence-electron chi connectivity index (χ0n) is 25.4. The predicted molar refractivity (Wildman–Crippen MR) is 152 cm³/mol. The van der Waals surface area contributed by atoms with Crippen molar-refractivity contribution in [2.75, 3.05) is 0 Å². The van der Waals surface area contributed by atoms with Crippen molar-refractivity contribution in [3.8, 4) is 0 Å².